The smallest absolute Gasteiger partial charge is 0.294 e. The molecule has 1 aromatic rings. The predicted molar refractivity (Wildman–Crippen MR) is 89.2 cm³/mol. The van der Waals surface area contributed by atoms with Gasteiger partial charge in [-0.3, -0.25) is 9.35 Å². The molecule has 0 spiro atoms. The second-order valence-electron chi connectivity index (χ2n) is 6.14. The van der Waals surface area contributed by atoms with Crippen molar-refractivity contribution < 1.29 is 22.2 Å². The van der Waals surface area contributed by atoms with E-state index >= 15 is 0 Å². The lowest BCUT2D eigenvalue weighted by atomic mass is 10.1. The first-order valence-corrected chi connectivity index (χ1v) is 8.78. The van der Waals surface area contributed by atoms with Crippen LogP contribution in [-0.4, -0.2) is 43.6 Å². The Kier molecular flexibility index (Phi) is 6.10. The Morgan fingerprint density at radius 3 is 2.52 bits per heavy atom. The lowest BCUT2D eigenvalue weighted by molar-refractivity contribution is -0.930. The van der Waals surface area contributed by atoms with Crippen LogP contribution in [0.1, 0.15) is 24.5 Å². The third kappa shape index (κ3) is 5.16. The van der Waals surface area contributed by atoms with E-state index in [1.165, 1.54) is 18.2 Å². The van der Waals surface area contributed by atoms with Crippen LogP contribution < -0.4 is 5.32 Å². The van der Waals surface area contributed by atoms with Crippen LogP contribution in [0.15, 0.2) is 35.7 Å². The largest absolute Gasteiger partial charge is 0.305 e. The van der Waals surface area contributed by atoms with E-state index < -0.39 is 10.1 Å². The molecule has 1 unspecified atom stereocenters. The zero-order valence-electron chi connectivity index (χ0n) is 14.0. The molecule has 1 aromatic carbocycles. The highest BCUT2D eigenvalue weighted by molar-refractivity contribution is 7.85. The van der Waals surface area contributed by atoms with Gasteiger partial charge in [-0.25, -0.2) is 0 Å². The summed E-state index contributed by atoms with van der Waals surface area (Å²) in [5, 5.41) is 2.89. The van der Waals surface area contributed by atoms with Crippen molar-refractivity contribution in [2.75, 3.05) is 14.1 Å². The van der Waals surface area contributed by atoms with E-state index in [9.17, 15) is 17.8 Å². The standard InChI is InChI=1S/C16H24N2O4S/c1-6-15(17-16(19)7-2)18(4,5)11-13-10-14(23(20,21)22)9-8-12(13)3/h7-10,15H,2,6,11H2,1,3-5H3,(H-,17,19,20,21,22)/p+1. The van der Waals surface area contributed by atoms with Gasteiger partial charge in [0, 0.05) is 12.0 Å². The van der Waals surface area contributed by atoms with Gasteiger partial charge in [-0.2, -0.15) is 8.42 Å². The third-order valence-corrected chi connectivity index (χ3v) is 4.77. The van der Waals surface area contributed by atoms with Crippen LogP contribution in [0.25, 0.3) is 0 Å². The minimum absolute atomic E-state index is 0.124. The molecule has 0 bridgehead atoms. The van der Waals surface area contributed by atoms with Crippen molar-refractivity contribution in [1.29, 1.82) is 0 Å². The number of hydrogen-bond acceptors (Lipinski definition) is 3. The lowest BCUT2D eigenvalue weighted by Gasteiger charge is -2.38. The number of nitrogens with zero attached hydrogens (tertiary/aromatic N) is 1. The Morgan fingerprint density at radius 1 is 1.43 bits per heavy atom. The summed E-state index contributed by atoms with van der Waals surface area (Å²) in [6.07, 6.45) is 1.80. The molecule has 7 heteroatoms. The van der Waals surface area contributed by atoms with Gasteiger partial charge in [0.25, 0.3) is 10.1 Å². The summed E-state index contributed by atoms with van der Waals surface area (Å²) in [5.74, 6) is -0.244. The summed E-state index contributed by atoms with van der Waals surface area (Å²) in [7, 11) is -0.325. The topological polar surface area (TPSA) is 83.5 Å². The quantitative estimate of drug-likeness (QED) is 0.343. The fourth-order valence-electron chi connectivity index (χ4n) is 2.52. The zero-order chi connectivity index (χ0) is 17.8. The highest BCUT2D eigenvalue weighted by atomic mass is 32.2. The van der Waals surface area contributed by atoms with E-state index in [-0.39, 0.29) is 17.0 Å². The number of amides is 1. The molecule has 2 N–H and O–H groups in total. The van der Waals surface area contributed by atoms with Gasteiger partial charge in [-0.1, -0.05) is 19.6 Å². The Hall–Kier alpha value is -1.70. The summed E-state index contributed by atoms with van der Waals surface area (Å²) in [6.45, 7) is 7.81. The SMILES string of the molecule is C=CC(=O)NC(CC)[N+](C)(C)Cc1cc(S(=O)(=O)O)ccc1C. The molecule has 0 aliphatic carbocycles. The highest BCUT2D eigenvalue weighted by Gasteiger charge is 2.29. The maximum absolute atomic E-state index is 11.6. The zero-order valence-corrected chi connectivity index (χ0v) is 14.9. The second-order valence-corrected chi connectivity index (χ2v) is 7.56. The molecule has 6 nitrogen and oxygen atoms in total. The van der Waals surface area contributed by atoms with Crippen molar-refractivity contribution in [3.8, 4) is 0 Å². The minimum atomic E-state index is -4.24. The van der Waals surface area contributed by atoms with Crippen LogP contribution >= 0.6 is 0 Å². The fourth-order valence-corrected chi connectivity index (χ4v) is 3.05. The van der Waals surface area contributed by atoms with E-state index in [0.29, 0.717) is 17.4 Å². The summed E-state index contributed by atoms with van der Waals surface area (Å²) >= 11 is 0. The van der Waals surface area contributed by atoms with Crippen LogP contribution in [0.5, 0.6) is 0 Å². The normalized spacial score (nSPS) is 13.4. The van der Waals surface area contributed by atoms with Crippen molar-refractivity contribution in [2.24, 2.45) is 0 Å². The lowest BCUT2D eigenvalue weighted by Crippen LogP contribution is -2.56. The molecule has 1 atom stereocenters. The van der Waals surface area contributed by atoms with Crippen molar-refractivity contribution in [2.45, 2.75) is 37.9 Å². The highest BCUT2D eigenvalue weighted by Crippen LogP contribution is 2.21. The maximum atomic E-state index is 11.6. The van der Waals surface area contributed by atoms with E-state index in [0.717, 1.165) is 11.1 Å². The van der Waals surface area contributed by atoms with E-state index in [4.69, 9.17) is 0 Å². The second kappa shape index (κ2) is 7.25. The molecule has 0 saturated heterocycles. The number of nitrogens with one attached hydrogen (secondary N) is 1. The molecule has 0 saturated carbocycles. The Bertz CT molecular complexity index is 696. The molecule has 0 fully saturated rings. The average molecular weight is 341 g/mol. The van der Waals surface area contributed by atoms with Crippen LogP contribution in [-0.2, 0) is 21.5 Å². The molecular weight excluding hydrogens is 316 g/mol. The molecule has 1 rings (SSSR count). The van der Waals surface area contributed by atoms with Crippen molar-refractivity contribution in [3.05, 3.63) is 42.0 Å². The third-order valence-electron chi connectivity index (χ3n) is 3.92. The number of carbonyl (C=O) groups excluding carboxylic acids is 1. The predicted octanol–water partition coefficient (Wildman–Crippen LogP) is 1.86. The maximum Gasteiger partial charge on any atom is 0.294 e. The van der Waals surface area contributed by atoms with Crippen LogP contribution in [0.4, 0.5) is 0 Å². The molecule has 0 heterocycles. The van der Waals surface area contributed by atoms with Crippen molar-refractivity contribution in [3.63, 3.8) is 0 Å². The molecule has 0 aliphatic heterocycles. The fraction of sp³-hybridized carbons (Fsp3) is 0.438. The Labute approximate surface area is 138 Å². The number of rotatable bonds is 7. The minimum Gasteiger partial charge on any atom is -0.305 e. The van der Waals surface area contributed by atoms with Crippen LogP contribution in [0, 0.1) is 6.92 Å². The average Bonchev–Trinajstić information content (AvgIpc) is 2.45. The van der Waals surface area contributed by atoms with Gasteiger partial charge in [0.2, 0.25) is 5.91 Å². The van der Waals surface area contributed by atoms with Gasteiger partial charge in [-0.05, 0) is 30.7 Å². The first kappa shape index (κ1) is 19.3. The van der Waals surface area contributed by atoms with Crippen molar-refractivity contribution >= 4 is 16.0 Å². The molecule has 0 aliphatic rings. The summed E-state index contributed by atoms with van der Waals surface area (Å²) in [5.41, 5.74) is 1.73. The molecular formula is C16H25N2O4S+. The number of quaternary nitrogens is 1. The van der Waals surface area contributed by atoms with Gasteiger partial charge >= 0.3 is 0 Å². The molecule has 128 valence electrons. The summed E-state index contributed by atoms with van der Waals surface area (Å²) < 4.78 is 32.3. The molecule has 23 heavy (non-hydrogen) atoms. The van der Waals surface area contributed by atoms with Crippen LogP contribution in [0.2, 0.25) is 0 Å². The van der Waals surface area contributed by atoms with E-state index in [1.807, 2.05) is 27.9 Å². The van der Waals surface area contributed by atoms with Gasteiger partial charge in [0.05, 0.1) is 19.0 Å². The van der Waals surface area contributed by atoms with Crippen molar-refractivity contribution in [1.82, 2.24) is 5.32 Å². The monoisotopic (exact) mass is 341 g/mol. The molecule has 0 radical (unpaired) electrons. The number of aryl methyl sites for hydroxylation is 1. The number of hydrogen-bond donors (Lipinski definition) is 2. The summed E-state index contributed by atoms with van der Waals surface area (Å²) in [4.78, 5) is 11.5. The van der Waals surface area contributed by atoms with E-state index in [2.05, 4.69) is 11.9 Å². The van der Waals surface area contributed by atoms with E-state index in [1.54, 1.807) is 6.07 Å². The summed E-state index contributed by atoms with van der Waals surface area (Å²) in [6, 6.07) is 4.53. The van der Waals surface area contributed by atoms with Gasteiger partial charge in [0.1, 0.15) is 6.54 Å². The van der Waals surface area contributed by atoms with Crippen LogP contribution in [0.3, 0.4) is 0 Å². The number of benzene rings is 1. The first-order valence-electron chi connectivity index (χ1n) is 7.34. The molecule has 0 aromatic heterocycles. The number of carbonyl (C=O) groups is 1. The Balaban J connectivity index is 3.13. The van der Waals surface area contributed by atoms with Gasteiger partial charge in [-0.15, -0.1) is 0 Å². The molecule has 1 amide bonds. The first-order chi connectivity index (χ1) is 10.5. The van der Waals surface area contributed by atoms with Gasteiger partial charge < -0.3 is 9.80 Å². The van der Waals surface area contributed by atoms with Gasteiger partial charge in [0.15, 0.2) is 6.17 Å². The Morgan fingerprint density at radius 2 is 2.04 bits per heavy atom.